The molecule has 4 nitrogen and oxygen atoms in total. The second-order valence-corrected chi connectivity index (χ2v) is 5.58. The molecular weight excluding hydrogens is 309 g/mol. The standard InChI is InChI=1S/C16H21F3N2O2/c17-16(18,19)13-4-2-12(3-5-13)15(22)21-9-6-14(7-10-21)23-11-1-8-20/h2-5,14H,1,6-11,20H2. The van der Waals surface area contributed by atoms with Gasteiger partial charge in [-0.25, -0.2) is 0 Å². The van der Waals surface area contributed by atoms with Crippen molar-refractivity contribution in [3.63, 3.8) is 0 Å². The molecular formula is C16H21F3N2O2. The molecule has 7 heteroatoms. The molecule has 1 fully saturated rings. The predicted molar refractivity (Wildman–Crippen MR) is 80.0 cm³/mol. The summed E-state index contributed by atoms with van der Waals surface area (Å²) in [5.74, 6) is -0.237. The normalized spacial score (nSPS) is 16.6. The Morgan fingerprint density at radius 1 is 1.22 bits per heavy atom. The summed E-state index contributed by atoms with van der Waals surface area (Å²) in [5.41, 5.74) is 4.93. The van der Waals surface area contributed by atoms with Gasteiger partial charge in [0.1, 0.15) is 0 Å². The first-order chi connectivity index (χ1) is 10.9. The van der Waals surface area contributed by atoms with Crippen LogP contribution in [0.1, 0.15) is 35.2 Å². The first kappa shape index (κ1) is 17.7. The number of carbonyl (C=O) groups is 1. The molecule has 2 N–H and O–H groups in total. The van der Waals surface area contributed by atoms with Crippen LogP contribution in [0, 0.1) is 0 Å². The number of piperidine rings is 1. The highest BCUT2D eigenvalue weighted by atomic mass is 19.4. The number of carbonyl (C=O) groups excluding carboxylic acids is 1. The third-order valence-electron chi connectivity index (χ3n) is 3.89. The van der Waals surface area contributed by atoms with Crippen molar-refractivity contribution >= 4 is 5.91 Å². The number of hydrogen-bond acceptors (Lipinski definition) is 3. The highest BCUT2D eigenvalue weighted by molar-refractivity contribution is 5.94. The lowest BCUT2D eigenvalue weighted by Crippen LogP contribution is -2.41. The number of benzene rings is 1. The number of nitrogens with two attached hydrogens (primary N) is 1. The maximum Gasteiger partial charge on any atom is 0.416 e. The van der Waals surface area contributed by atoms with E-state index in [0.29, 0.717) is 26.2 Å². The molecule has 1 aliphatic rings. The molecule has 128 valence electrons. The van der Waals surface area contributed by atoms with E-state index in [2.05, 4.69) is 0 Å². The van der Waals surface area contributed by atoms with Gasteiger partial charge in [-0.05, 0) is 50.1 Å². The van der Waals surface area contributed by atoms with Crippen LogP contribution >= 0.6 is 0 Å². The third kappa shape index (κ3) is 4.94. The van der Waals surface area contributed by atoms with Gasteiger partial charge in [-0.3, -0.25) is 4.79 Å². The summed E-state index contributed by atoms with van der Waals surface area (Å²) in [5, 5.41) is 0. The first-order valence-corrected chi connectivity index (χ1v) is 7.70. The van der Waals surface area contributed by atoms with Crippen LogP contribution in [0.25, 0.3) is 0 Å². The fourth-order valence-corrected chi connectivity index (χ4v) is 2.54. The van der Waals surface area contributed by atoms with Gasteiger partial charge < -0.3 is 15.4 Å². The van der Waals surface area contributed by atoms with Crippen LogP contribution in [0.15, 0.2) is 24.3 Å². The van der Waals surface area contributed by atoms with Crippen molar-refractivity contribution in [2.24, 2.45) is 5.73 Å². The van der Waals surface area contributed by atoms with Crippen LogP contribution in [0.2, 0.25) is 0 Å². The van der Waals surface area contributed by atoms with Crippen LogP contribution < -0.4 is 5.73 Å². The Balaban J connectivity index is 1.87. The molecule has 0 aromatic heterocycles. The average Bonchev–Trinajstić information content (AvgIpc) is 2.54. The summed E-state index contributed by atoms with van der Waals surface area (Å²) in [4.78, 5) is 14.0. The minimum Gasteiger partial charge on any atom is -0.378 e. The number of likely N-dealkylation sites (tertiary alicyclic amines) is 1. The zero-order valence-electron chi connectivity index (χ0n) is 12.8. The molecule has 23 heavy (non-hydrogen) atoms. The topological polar surface area (TPSA) is 55.6 Å². The molecule has 0 atom stereocenters. The Morgan fingerprint density at radius 3 is 2.35 bits per heavy atom. The van der Waals surface area contributed by atoms with Crippen molar-refractivity contribution in [3.8, 4) is 0 Å². The molecule has 1 amide bonds. The summed E-state index contributed by atoms with van der Waals surface area (Å²) < 4.78 is 43.3. The summed E-state index contributed by atoms with van der Waals surface area (Å²) in [7, 11) is 0. The van der Waals surface area contributed by atoms with Gasteiger partial charge in [0.25, 0.3) is 5.91 Å². The second-order valence-electron chi connectivity index (χ2n) is 5.58. The predicted octanol–water partition coefficient (Wildman–Crippen LogP) is 2.68. The van der Waals surface area contributed by atoms with Gasteiger partial charge >= 0.3 is 6.18 Å². The molecule has 0 spiro atoms. The highest BCUT2D eigenvalue weighted by Crippen LogP contribution is 2.29. The molecule has 1 aromatic carbocycles. The average molecular weight is 330 g/mol. The molecule has 1 aromatic rings. The van der Waals surface area contributed by atoms with Gasteiger partial charge in [0, 0.05) is 25.3 Å². The van der Waals surface area contributed by atoms with E-state index < -0.39 is 11.7 Å². The second kappa shape index (κ2) is 7.79. The van der Waals surface area contributed by atoms with E-state index in [0.717, 1.165) is 31.4 Å². The molecule has 2 rings (SSSR count). The highest BCUT2D eigenvalue weighted by Gasteiger charge is 2.30. The number of halogens is 3. The Hall–Kier alpha value is -1.60. The fourth-order valence-electron chi connectivity index (χ4n) is 2.54. The van der Waals surface area contributed by atoms with E-state index in [9.17, 15) is 18.0 Å². The van der Waals surface area contributed by atoms with Gasteiger partial charge in [0.2, 0.25) is 0 Å². The zero-order chi connectivity index (χ0) is 16.9. The maximum absolute atomic E-state index is 12.5. The number of nitrogens with zero attached hydrogens (tertiary/aromatic N) is 1. The molecule has 0 bridgehead atoms. The van der Waals surface area contributed by atoms with Gasteiger partial charge in [0.15, 0.2) is 0 Å². The summed E-state index contributed by atoms with van der Waals surface area (Å²) >= 11 is 0. The van der Waals surface area contributed by atoms with Crippen molar-refractivity contribution in [1.82, 2.24) is 4.90 Å². The number of rotatable bonds is 5. The summed E-state index contributed by atoms with van der Waals surface area (Å²) in [6.07, 6.45) is -1.99. The number of alkyl halides is 3. The van der Waals surface area contributed by atoms with Crippen molar-refractivity contribution < 1.29 is 22.7 Å². The van der Waals surface area contributed by atoms with Gasteiger partial charge in [-0.15, -0.1) is 0 Å². The summed E-state index contributed by atoms with van der Waals surface area (Å²) in [6, 6.07) is 4.34. The van der Waals surface area contributed by atoms with Gasteiger partial charge in [-0.1, -0.05) is 0 Å². The summed E-state index contributed by atoms with van der Waals surface area (Å²) in [6.45, 7) is 2.31. The minimum absolute atomic E-state index is 0.123. The van der Waals surface area contributed by atoms with Crippen LogP contribution in [0.4, 0.5) is 13.2 Å². The fraction of sp³-hybridized carbons (Fsp3) is 0.562. The Labute approximate surface area is 133 Å². The Kier molecular flexibility index (Phi) is 6.01. The van der Waals surface area contributed by atoms with Crippen LogP contribution in [0.5, 0.6) is 0 Å². The van der Waals surface area contributed by atoms with E-state index >= 15 is 0 Å². The molecule has 1 aliphatic heterocycles. The molecule has 0 unspecified atom stereocenters. The van der Waals surface area contributed by atoms with E-state index in [4.69, 9.17) is 10.5 Å². The molecule has 1 heterocycles. The van der Waals surface area contributed by atoms with Gasteiger partial charge in [-0.2, -0.15) is 13.2 Å². The van der Waals surface area contributed by atoms with E-state index in [1.165, 1.54) is 12.1 Å². The van der Waals surface area contributed by atoms with Crippen molar-refractivity contribution in [3.05, 3.63) is 35.4 Å². The third-order valence-corrected chi connectivity index (χ3v) is 3.89. The van der Waals surface area contributed by atoms with E-state index in [1.54, 1.807) is 4.90 Å². The van der Waals surface area contributed by atoms with E-state index in [1.807, 2.05) is 0 Å². The van der Waals surface area contributed by atoms with Crippen molar-refractivity contribution in [2.75, 3.05) is 26.2 Å². The largest absolute Gasteiger partial charge is 0.416 e. The smallest absolute Gasteiger partial charge is 0.378 e. The minimum atomic E-state index is -4.39. The molecule has 0 aliphatic carbocycles. The van der Waals surface area contributed by atoms with Crippen molar-refractivity contribution in [2.45, 2.75) is 31.5 Å². The lowest BCUT2D eigenvalue weighted by atomic mass is 10.1. The number of amides is 1. The lowest BCUT2D eigenvalue weighted by molar-refractivity contribution is -0.137. The van der Waals surface area contributed by atoms with Crippen LogP contribution in [0.3, 0.4) is 0 Å². The van der Waals surface area contributed by atoms with Crippen molar-refractivity contribution in [1.29, 1.82) is 0 Å². The van der Waals surface area contributed by atoms with E-state index in [-0.39, 0.29) is 17.6 Å². The lowest BCUT2D eigenvalue weighted by Gasteiger charge is -2.32. The molecule has 0 saturated carbocycles. The monoisotopic (exact) mass is 330 g/mol. The number of hydrogen-bond donors (Lipinski definition) is 1. The quantitative estimate of drug-likeness (QED) is 0.845. The molecule has 0 radical (unpaired) electrons. The number of ether oxygens (including phenoxy) is 1. The zero-order valence-corrected chi connectivity index (χ0v) is 12.8. The van der Waals surface area contributed by atoms with Crippen LogP contribution in [-0.2, 0) is 10.9 Å². The first-order valence-electron chi connectivity index (χ1n) is 7.70. The SMILES string of the molecule is NCCCOC1CCN(C(=O)c2ccc(C(F)(F)F)cc2)CC1. The Morgan fingerprint density at radius 2 is 1.83 bits per heavy atom. The molecule has 1 saturated heterocycles. The van der Waals surface area contributed by atoms with Crippen LogP contribution in [-0.4, -0.2) is 43.2 Å². The maximum atomic E-state index is 12.5. The van der Waals surface area contributed by atoms with Gasteiger partial charge in [0.05, 0.1) is 11.7 Å². The Bertz CT molecular complexity index is 509.